The van der Waals surface area contributed by atoms with Gasteiger partial charge >= 0.3 is 6.18 Å². The number of rotatable bonds is 3. The first-order chi connectivity index (χ1) is 12.3. The van der Waals surface area contributed by atoms with Gasteiger partial charge in [-0.3, -0.25) is 4.79 Å². The van der Waals surface area contributed by atoms with E-state index >= 15 is 0 Å². The van der Waals surface area contributed by atoms with Crippen LogP contribution in [0.3, 0.4) is 0 Å². The van der Waals surface area contributed by atoms with Gasteiger partial charge in [0.1, 0.15) is 5.82 Å². The number of nitrogens with zero attached hydrogens (tertiary/aromatic N) is 2. The van der Waals surface area contributed by atoms with Gasteiger partial charge in [0.15, 0.2) is 5.75 Å². The Morgan fingerprint density at radius 1 is 1.08 bits per heavy atom. The van der Waals surface area contributed by atoms with Crippen LogP contribution in [0.2, 0.25) is 0 Å². The minimum Gasteiger partial charge on any atom is -0.494 e. The summed E-state index contributed by atoms with van der Waals surface area (Å²) in [5.41, 5.74) is -1.56. The summed E-state index contributed by atoms with van der Waals surface area (Å²) in [7, 11) is 1.28. The van der Waals surface area contributed by atoms with E-state index in [4.69, 9.17) is 4.74 Å². The van der Waals surface area contributed by atoms with Crippen LogP contribution in [-0.2, 0) is 6.18 Å². The molecule has 1 heterocycles. The van der Waals surface area contributed by atoms with Crippen LogP contribution in [0.15, 0.2) is 59.5 Å². The van der Waals surface area contributed by atoms with E-state index in [9.17, 15) is 22.4 Å². The van der Waals surface area contributed by atoms with Crippen molar-refractivity contribution >= 4 is 0 Å². The normalized spacial score (nSPS) is 11.4. The van der Waals surface area contributed by atoms with Crippen molar-refractivity contribution in [3.63, 3.8) is 0 Å². The molecule has 0 bridgehead atoms. The first-order valence-corrected chi connectivity index (χ1v) is 7.41. The zero-order valence-corrected chi connectivity index (χ0v) is 13.4. The van der Waals surface area contributed by atoms with Gasteiger partial charge in [-0.2, -0.15) is 23.0 Å². The van der Waals surface area contributed by atoms with Crippen molar-refractivity contribution < 1.29 is 22.3 Å². The van der Waals surface area contributed by atoms with E-state index in [0.29, 0.717) is 0 Å². The second-order valence-electron chi connectivity index (χ2n) is 5.36. The zero-order valence-electron chi connectivity index (χ0n) is 13.4. The number of alkyl halides is 3. The summed E-state index contributed by atoms with van der Waals surface area (Å²) in [4.78, 5) is 12.8. The van der Waals surface area contributed by atoms with Crippen LogP contribution in [0.4, 0.5) is 17.6 Å². The van der Waals surface area contributed by atoms with Crippen molar-refractivity contribution in [1.29, 1.82) is 0 Å². The molecule has 0 spiro atoms. The van der Waals surface area contributed by atoms with Gasteiger partial charge in [-0.25, -0.2) is 4.39 Å². The van der Waals surface area contributed by atoms with Gasteiger partial charge in [0.2, 0.25) is 0 Å². The molecule has 0 saturated heterocycles. The highest BCUT2D eigenvalue weighted by atomic mass is 19.4. The molecule has 3 rings (SSSR count). The largest absolute Gasteiger partial charge is 0.494 e. The second kappa shape index (κ2) is 6.62. The molecule has 2 aromatic carbocycles. The van der Waals surface area contributed by atoms with Crippen molar-refractivity contribution in [3.8, 4) is 22.6 Å². The van der Waals surface area contributed by atoms with Crippen molar-refractivity contribution in [2.75, 3.05) is 7.11 Å². The molecule has 0 fully saturated rings. The van der Waals surface area contributed by atoms with E-state index in [-0.39, 0.29) is 22.6 Å². The molecule has 0 atom stereocenters. The fraction of sp³-hybridized carbons (Fsp3) is 0.111. The Bertz CT molecular complexity index is 1010. The maximum atomic E-state index is 13.4. The quantitative estimate of drug-likeness (QED) is 0.658. The first kappa shape index (κ1) is 17.7. The number of hydrogen-bond acceptors (Lipinski definition) is 3. The molecule has 0 aliphatic rings. The third kappa shape index (κ3) is 3.30. The number of halogens is 4. The molecule has 0 aliphatic heterocycles. The highest BCUT2D eigenvalue weighted by Crippen LogP contribution is 2.33. The molecule has 0 aliphatic carbocycles. The molecule has 0 saturated carbocycles. The van der Waals surface area contributed by atoms with Crippen molar-refractivity contribution in [1.82, 2.24) is 9.78 Å². The molecular formula is C18H12F4N2O2. The maximum absolute atomic E-state index is 13.4. The standard InChI is InChI=1S/C18H12F4N2O2/c1-26-15-10-23-24(14-7-3-6-13(19)9-14)17(25)16(15)11-4-2-5-12(8-11)18(20,21)22/h2-10H,1H3. The molecule has 134 valence electrons. The molecular weight excluding hydrogens is 352 g/mol. The monoisotopic (exact) mass is 364 g/mol. The van der Waals surface area contributed by atoms with Crippen LogP contribution >= 0.6 is 0 Å². The van der Waals surface area contributed by atoms with E-state index < -0.39 is 23.1 Å². The third-order valence-electron chi connectivity index (χ3n) is 3.69. The Morgan fingerprint density at radius 3 is 2.46 bits per heavy atom. The molecule has 3 aromatic rings. The Labute approximate surface area is 145 Å². The lowest BCUT2D eigenvalue weighted by Crippen LogP contribution is -2.23. The summed E-state index contributed by atoms with van der Waals surface area (Å²) in [5.74, 6) is -0.561. The number of hydrogen-bond donors (Lipinski definition) is 0. The van der Waals surface area contributed by atoms with Crippen LogP contribution < -0.4 is 10.3 Å². The Hall–Kier alpha value is -3.16. The lowest BCUT2D eigenvalue weighted by Gasteiger charge is -2.13. The Balaban J connectivity index is 2.24. The van der Waals surface area contributed by atoms with Crippen molar-refractivity contribution in [2.24, 2.45) is 0 Å². The predicted octanol–water partition coefficient (Wildman–Crippen LogP) is 4.07. The van der Waals surface area contributed by atoms with Gasteiger partial charge in [0.05, 0.1) is 30.1 Å². The van der Waals surface area contributed by atoms with Gasteiger partial charge in [-0.05, 0) is 35.9 Å². The van der Waals surface area contributed by atoms with Gasteiger partial charge in [-0.1, -0.05) is 18.2 Å². The van der Waals surface area contributed by atoms with Crippen LogP contribution in [0.25, 0.3) is 16.8 Å². The molecule has 26 heavy (non-hydrogen) atoms. The summed E-state index contributed by atoms with van der Waals surface area (Å²) in [6.45, 7) is 0. The zero-order chi connectivity index (χ0) is 18.9. The highest BCUT2D eigenvalue weighted by molar-refractivity contribution is 5.70. The second-order valence-corrected chi connectivity index (χ2v) is 5.36. The van der Waals surface area contributed by atoms with E-state index in [1.165, 1.54) is 43.6 Å². The van der Waals surface area contributed by atoms with Crippen molar-refractivity contribution in [2.45, 2.75) is 6.18 Å². The number of ether oxygens (including phenoxy) is 1. The van der Waals surface area contributed by atoms with E-state index in [1.54, 1.807) is 0 Å². The number of aromatic nitrogens is 2. The first-order valence-electron chi connectivity index (χ1n) is 7.41. The molecule has 0 radical (unpaired) electrons. The summed E-state index contributed by atoms with van der Waals surface area (Å²) in [6.07, 6.45) is -3.36. The van der Waals surface area contributed by atoms with Crippen LogP contribution in [0.1, 0.15) is 5.56 Å². The lowest BCUT2D eigenvalue weighted by molar-refractivity contribution is -0.137. The molecule has 1 aromatic heterocycles. The van der Waals surface area contributed by atoms with Gasteiger partial charge in [0.25, 0.3) is 5.56 Å². The van der Waals surface area contributed by atoms with Crippen LogP contribution in [-0.4, -0.2) is 16.9 Å². The van der Waals surface area contributed by atoms with Crippen LogP contribution in [0, 0.1) is 5.82 Å². The molecule has 8 heteroatoms. The maximum Gasteiger partial charge on any atom is 0.416 e. The SMILES string of the molecule is COc1cnn(-c2cccc(F)c2)c(=O)c1-c1cccc(C(F)(F)F)c1. The van der Waals surface area contributed by atoms with E-state index in [1.807, 2.05) is 0 Å². The molecule has 0 N–H and O–H groups in total. The number of methoxy groups -OCH3 is 1. The highest BCUT2D eigenvalue weighted by Gasteiger charge is 2.31. The fourth-order valence-corrected chi connectivity index (χ4v) is 2.50. The number of benzene rings is 2. The molecule has 0 unspecified atom stereocenters. The van der Waals surface area contributed by atoms with Gasteiger partial charge in [0, 0.05) is 0 Å². The smallest absolute Gasteiger partial charge is 0.416 e. The Kier molecular flexibility index (Phi) is 4.50. The third-order valence-corrected chi connectivity index (χ3v) is 3.69. The topological polar surface area (TPSA) is 44.1 Å². The molecule has 0 amide bonds. The minimum atomic E-state index is -4.56. The van der Waals surface area contributed by atoms with Crippen molar-refractivity contribution in [3.05, 3.63) is 76.5 Å². The molecule has 4 nitrogen and oxygen atoms in total. The van der Waals surface area contributed by atoms with E-state index in [0.717, 1.165) is 22.9 Å². The summed E-state index contributed by atoms with van der Waals surface area (Å²) >= 11 is 0. The van der Waals surface area contributed by atoms with Gasteiger partial charge in [-0.15, -0.1) is 0 Å². The van der Waals surface area contributed by atoms with Gasteiger partial charge < -0.3 is 4.74 Å². The van der Waals surface area contributed by atoms with E-state index in [2.05, 4.69) is 5.10 Å². The Morgan fingerprint density at radius 2 is 1.81 bits per heavy atom. The predicted molar refractivity (Wildman–Crippen MR) is 86.8 cm³/mol. The van der Waals surface area contributed by atoms with Crippen LogP contribution in [0.5, 0.6) is 5.75 Å². The summed E-state index contributed by atoms with van der Waals surface area (Å²) in [5, 5.41) is 3.91. The fourth-order valence-electron chi connectivity index (χ4n) is 2.50. The minimum absolute atomic E-state index is 0.0157. The summed E-state index contributed by atoms with van der Waals surface area (Å²) < 4.78 is 58.4. The summed E-state index contributed by atoms with van der Waals surface area (Å²) in [6, 6.07) is 9.47. The lowest BCUT2D eigenvalue weighted by atomic mass is 10.0. The average Bonchev–Trinajstić information content (AvgIpc) is 2.60. The average molecular weight is 364 g/mol.